The van der Waals surface area contributed by atoms with Crippen molar-refractivity contribution >= 4 is 18.9 Å². The van der Waals surface area contributed by atoms with Crippen LogP contribution < -0.4 is 0 Å². The van der Waals surface area contributed by atoms with E-state index >= 15 is 0 Å². The summed E-state index contributed by atoms with van der Waals surface area (Å²) in [6.07, 6.45) is 35.3. The maximum atomic E-state index is 8.81. The van der Waals surface area contributed by atoms with Crippen LogP contribution in [0.1, 0.15) is 97.8 Å². The molecule has 0 aromatic rings. The topological polar surface area (TPSA) is 51.2 Å². The zero-order valence-electron chi connectivity index (χ0n) is 24.8. The first kappa shape index (κ1) is 30.2. The van der Waals surface area contributed by atoms with Crippen molar-refractivity contribution < 1.29 is 14.4 Å². The number of hydrogen-bond donors (Lipinski definition) is 0. The molecule has 0 amide bonds. The highest BCUT2D eigenvalue weighted by Crippen LogP contribution is 2.59. The number of carbonyl (C=O) groups is 3. The Morgan fingerprint density at radius 1 is 0.487 bits per heavy atom. The highest BCUT2D eigenvalue weighted by molar-refractivity contribution is 5.44. The van der Waals surface area contributed by atoms with E-state index in [9.17, 15) is 0 Å². The quantitative estimate of drug-likeness (QED) is 0.231. The summed E-state index contributed by atoms with van der Waals surface area (Å²) in [7, 11) is 0. The van der Waals surface area contributed by atoms with Crippen LogP contribution in [0, 0.1) is 71.0 Å². The molecule has 6 fully saturated rings. The van der Waals surface area contributed by atoms with Crippen molar-refractivity contribution in [2.75, 3.05) is 0 Å². The Balaban J connectivity index is 0.000000118. The van der Waals surface area contributed by atoms with E-state index in [2.05, 4.69) is 36.5 Å². The zero-order chi connectivity index (χ0) is 27.8. The molecule has 39 heavy (non-hydrogen) atoms. The lowest BCUT2D eigenvalue weighted by Crippen LogP contribution is -2.16. The standard InChI is InChI=1S/C10H16.C10H14.C10H12.3C2H4O/c3*1-2-9-7-4-5-8(6-7)10(9)3-1;3*1-2-3/h7-10H,1-6H2;1-2,7-10H,3-6H2;1-2,4-5,7-10H,3,6H2;3*2H,1H3. The van der Waals surface area contributed by atoms with Crippen LogP contribution in [0.25, 0.3) is 0 Å². The predicted molar refractivity (Wildman–Crippen MR) is 160 cm³/mol. The van der Waals surface area contributed by atoms with Gasteiger partial charge in [0, 0.05) is 0 Å². The fourth-order valence-corrected chi connectivity index (χ4v) is 10.5. The summed E-state index contributed by atoms with van der Waals surface area (Å²) in [5.74, 6) is 13.0. The normalized spacial score (nSPS) is 44.1. The lowest BCUT2D eigenvalue weighted by molar-refractivity contribution is -0.106. The molecule has 12 unspecified atom stereocenters. The van der Waals surface area contributed by atoms with Gasteiger partial charge in [0.25, 0.3) is 0 Å². The summed E-state index contributed by atoms with van der Waals surface area (Å²) < 4.78 is 0. The van der Waals surface area contributed by atoms with Gasteiger partial charge in [-0.25, -0.2) is 0 Å². The molecule has 0 spiro atoms. The monoisotopic (exact) mass is 534 g/mol. The highest BCUT2D eigenvalue weighted by Gasteiger charge is 2.49. The van der Waals surface area contributed by atoms with E-state index in [0.29, 0.717) is 0 Å². The van der Waals surface area contributed by atoms with E-state index in [4.69, 9.17) is 14.4 Å². The number of allylic oxidation sites excluding steroid dienone is 6. The van der Waals surface area contributed by atoms with Crippen LogP contribution in [-0.2, 0) is 14.4 Å². The van der Waals surface area contributed by atoms with E-state index in [-0.39, 0.29) is 0 Å². The zero-order valence-corrected chi connectivity index (χ0v) is 24.8. The molecule has 0 saturated heterocycles. The third-order valence-corrected chi connectivity index (χ3v) is 11.7. The molecule has 6 bridgehead atoms. The summed E-state index contributed by atoms with van der Waals surface area (Å²) in [5, 5.41) is 0. The van der Waals surface area contributed by atoms with Crippen molar-refractivity contribution in [1.29, 1.82) is 0 Å². The third kappa shape index (κ3) is 6.76. The van der Waals surface area contributed by atoms with Crippen molar-refractivity contribution in [1.82, 2.24) is 0 Å². The number of hydrogen-bond acceptors (Lipinski definition) is 3. The first-order valence-electron chi connectivity index (χ1n) is 16.3. The van der Waals surface area contributed by atoms with Crippen LogP contribution in [-0.4, -0.2) is 18.9 Å². The molecule has 0 aliphatic heterocycles. The van der Waals surface area contributed by atoms with Crippen LogP contribution in [0.3, 0.4) is 0 Å². The van der Waals surface area contributed by atoms with Gasteiger partial charge in [0.1, 0.15) is 18.9 Å². The minimum atomic E-state index is 0.750. The van der Waals surface area contributed by atoms with Crippen molar-refractivity contribution in [3.8, 4) is 0 Å². The van der Waals surface area contributed by atoms with Crippen molar-refractivity contribution in [2.45, 2.75) is 97.8 Å². The summed E-state index contributed by atoms with van der Waals surface area (Å²) in [6.45, 7) is 4.33. The van der Waals surface area contributed by atoms with Gasteiger partial charge in [-0.2, -0.15) is 0 Å². The van der Waals surface area contributed by atoms with Gasteiger partial charge in [-0.05, 0) is 162 Å². The van der Waals surface area contributed by atoms with Crippen molar-refractivity contribution in [3.63, 3.8) is 0 Å². The van der Waals surface area contributed by atoms with Crippen LogP contribution in [0.5, 0.6) is 0 Å². The molecule has 0 aromatic heterocycles. The molecule has 9 aliphatic rings. The SMILES string of the molecule is C1=CC2C3C=CC(C3)C2C1.C1=CC2C3CCC(C3)C2C1.C1CC2C3CCC(C3)C2C1.CC=O.CC=O.CC=O. The van der Waals surface area contributed by atoms with E-state index in [1.165, 1.54) is 70.1 Å². The fourth-order valence-electron chi connectivity index (χ4n) is 10.5. The lowest BCUT2D eigenvalue weighted by Gasteiger charge is -2.23. The Bertz CT molecular complexity index is 853. The average molecular weight is 535 g/mol. The average Bonchev–Trinajstić information content (AvgIpc) is 3.80. The first-order chi connectivity index (χ1) is 19.1. The molecule has 6 saturated carbocycles. The summed E-state index contributed by atoms with van der Waals surface area (Å²) in [4.78, 5) is 26.4. The number of aldehydes is 3. The molecule has 0 aromatic carbocycles. The Kier molecular flexibility index (Phi) is 11.4. The maximum absolute atomic E-state index is 8.81. The van der Waals surface area contributed by atoms with Gasteiger partial charge in [0.2, 0.25) is 0 Å². The minimum Gasteiger partial charge on any atom is -0.304 e. The second-order valence-electron chi connectivity index (χ2n) is 13.4. The molecule has 0 N–H and O–H groups in total. The van der Waals surface area contributed by atoms with Crippen molar-refractivity contribution in [3.05, 3.63) is 36.5 Å². The largest absolute Gasteiger partial charge is 0.304 e. The molecule has 9 aliphatic carbocycles. The fraction of sp³-hybridized carbons (Fsp3) is 0.750. The Morgan fingerprint density at radius 2 is 0.949 bits per heavy atom. The van der Waals surface area contributed by atoms with E-state index < -0.39 is 0 Å². The van der Waals surface area contributed by atoms with Crippen LogP contribution >= 0.6 is 0 Å². The molecule has 0 heterocycles. The predicted octanol–water partition coefficient (Wildman–Crippen LogP) is 8.44. The van der Waals surface area contributed by atoms with Gasteiger partial charge >= 0.3 is 0 Å². The van der Waals surface area contributed by atoms with Gasteiger partial charge < -0.3 is 14.4 Å². The lowest BCUT2D eigenvalue weighted by atomic mass is 9.82. The maximum Gasteiger partial charge on any atom is 0.116 e. The van der Waals surface area contributed by atoms with Gasteiger partial charge in [-0.3, -0.25) is 0 Å². The molecule has 216 valence electrons. The molecule has 12 atom stereocenters. The molecular weight excluding hydrogens is 480 g/mol. The molecular formula is C36H54O3. The van der Waals surface area contributed by atoms with E-state index in [1.54, 1.807) is 51.4 Å². The van der Waals surface area contributed by atoms with Crippen molar-refractivity contribution in [2.24, 2.45) is 71.0 Å². The van der Waals surface area contributed by atoms with Crippen LogP contribution in [0.15, 0.2) is 36.5 Å². The molecule has 3 nitrogen and oxygen atoms in total. The van der Waals surface area contributed by atoms with Gasteiger partial charge in [-0.15, -0.1) is 0 Å². The van der Waals surface area contributed by atoms with Gasteiger partial charge in [0.15, 0.2) is 0 Å². The minimum absolute atomic E-state index is 0.750. The number of rotatable bonds is 0. The van der Waals surface area contributed by atoms with Gasteiger partial charge in [-0.1, -0.05) is 42.9 Å². The first-order valence-corrected chi connectivity index (χ1v) is 16.3. The third-order valence-electron chi connectivity index (χ3n) is 11.7. The van der Waals surface area contributed by atoms with Gasteiger partial charge in [0.05, 0.1) is 0 Å². The molecule has 0 radical (unpaired) electrons. The number of carbonyl (C=O) groups excluding carboxylic acids is 3. The van der Waals surface area contributed by atoms with E-state index in [1.807, 2.05) is 0 Å². The van der Waals surface area contributed by atoms with Crippen LogP contribution in [0.2, 0.25) is 0 Å². The molecule has 9 rings (SSSR count). The second kappa shape index (κ2) is 14.7. The Labute approximate surface area is 238 Å². The van der Waals surface area contributed by atoms with Crippen LogP contribution in [0.4, 0.5) is 0 Å². The summed E-state index contributed by atoms with van der Waals surface area (Å²) in [5.41, 5.74) is 0. The summed E-state index contributed by atoms with van der Waals surface area (Å²) >= 11 is 0. The smallest absolute Gasteiger partial charge is 0.116 e. The number of fused-ring (bicyclic) bond motifs is 15. The summed E-state index contributed by atoms with van der Waals surface area (Å²) in [6, 6.07) is 0. The second-order valence-corrected chi connectivity index (χ2v) is 13.4. The molecule has 3 heteroatoms. The van der Waals surface area contributed by atoms with E-state index in [0.717, 1.165) is 66.2 Å². The Morgan fingerprint density at radius 3 is 1.51 bits per heavy atom. The Hall–Kier alpha value is -1.77. The highest BCUT2D eigenvalue weighted by atomic mass is 16.1.